The van der Waals surface area contributed by atoms with Crippen LogP contribution in [0.2, 0.25) is 0 Å². The van der Waals surface area contributed by atoms with Gasteiger partial charge in [0.05, 0.1) is 6.10 Å². The molecule has 0 aromatic heterocycles. The number of nitrogens with zero attached hydrogens (tertiary/aromatic N) is 1. The summed E-state index contributed by atoms with van der Waals surface area (Å²) in [6, 6.07) is 6.67. The van der Waals surface area contributed by atoms with Crippen molar-refractivity contribution in [2.75, 3.05) is 7.05 Å². The third-order valence-electron chi connectivity index (χ3n) is 5.21. The summed E-state index contributed by atoms with van der Waals surface area (Å²) in [6.45, 7) is 0.429. The molecule has 2 aliphatic rings. The van der Waals surface area contributed by atoms with E-state index in [1.54, 1.807) is 18.2 Å². The molecule has 0 radical (unpaired) electrons. The van der Waals surface area contributed by atoms with E-state index in [4.69, 9.17) is 0 Å². The highest BCUT2D eigenvalue weighted by Crippen LogP contribution is 2.45. The number of benzene rings is 1. The second kappa shape index (κ2) is 6.32. The van der Waals surface area contributed by atoms with Crippen LogP contribution < -0.4 is 4.74 Å². The van der Waals surface area contributed by atoms with E-state index in [-0.39, 0.29) is 11.9 Å². The number of ether oxygens (including phenoxy) is 1. The molecule has 3 rings (SSSR count). The van der Waals surface area contributed by atoms with E-state index in [0.29, 0.717) is 30.0 Å². The number of hydrogen-bond donors (Lipinski definition) is 1. The second-order valence-corrected chi connectivity index (χ2v) is 6.84. The molecule has 2 saturated carbocycles. The van der Waals surface area contributed by atoms with E-state index < -0.39 is 6.36 Å². The summed E-state index contributed by atoms with van der Waals surface area (Å²) < 4.78 is 41.6. The monoisotopic (exact) mass is 329 g/mol. The Morgan fingerprint density at radius 2 is 1.74 bits per heavy atom. The van der Waals surface area contributed by atoms with Crippen LogP contribution in [0, 0.1) is 11.8 Å². The fraction of sp³-hybridized carbons (Fsp3) is 0.647. The van der Waals surface area contributed by atoms with Crippen molar-refractivity contribution in [1.29, 1.82) is 0 Å². The van der Waals surface area contributed by atoms with Crippen molar-refractivity contribution in [1.82, 2.24) is 4.90 Å². The van der Waals surface area contributed by atoms with Crippen LogP contribution in [0.4, 0.5) is 13.2 Å². The summed E-state index contributed by atoms with van der Waals surface area (Å²) in [5, 5.41) is 9.70. The Kier molecular flexibility index (Phi) is 4.56. The SMILES string of the molecule is CN(Cc1ccccc1OC(F)(F)F)C1C[C@H]2CC(O)C[C@H]2C1. The number of halogens is 3. The first-order chi connectivity index (χ1) is 10.8. The average Bonchev–Trinajstić information content (AvgIpc) is 2.96. The minimum absolute atomic E-state index is 0.125. The molecule has 6 heteroatoms. The van der Waals surface area contributed by atoms with Crippen LogP contribution in [-0.2, 0) is 6.54 Å². The zero-order valence-electron chi connectivity index (χ0n) is 13.1. The van der Waals surface area contributed by atoms with Crippen molar-refractivity contribution in [3.63, 3.8) is 0 Å². The predicted octanol–water partition coefficient (Wildman–Crippen LogP) is 3.57. The Balaban J connectivity index is 1.64. The van der Waals surface area contributed by atoms with Crippen LogP contribution in [0.1, 0.15) is 31.2 Å². The lowest BCUT2D eigenvalue weighted by molar-refractivity contribution is -0.275. The van der Waals surface area contributed by atoms with Crippen LogP contribution in [-0.4, -0.2) is 35.6 Å². The van der Waals surface area contributed by atoms with E-state index in [1.165, 1.54) is 6.07 Å². The molecular formula is C17H22F3NO2. The highest BCUT2D eigenvalue weighted by atomic mass is 19.4. The van der Waals surface area contributed by atoms with Crippen molar-refractivity contribution in [3.8, 4) is 5.75 Å². The molecule has 0 bridgehead atoms. The van der Waals surface area contributed by atoms with Crippen molar-refractivity contribution < 1.29 is 23.0 Å². The summed E-state index contributed by atoms with van der Waals surface area (Å²) in [5.74, 6) is 0.985. The largest absolute Gasteiger partial charge is 0.573 e. The zero-order chi connectivity index (χ0) is 16.6. The van der Waals surface area contributed by atoms with Gasteiger partial charge in [-0.15, -0.1) is 13.2 Å². The Morgan fingerprint density at radius 3 is 2.35 bits per heavy atom. The molecule has 4 atom stereocenters. The number of para-hydroxylation sites is 1. The van der Waals surface area contributed by atoms with Crippen molar-refractivity contribution in [3.05, 3.63) is 29.8 Å². The standard InChI is InChI=1S/C17H22F3NO2/c1-21(14-6-12-8-15(22)9-13(12)7-14)10-11-4-2-3-5-16(11)23-17(18,19)20/h2-5,12-15,22H,6-10H2,1H3/t12-,13+,14?,15?. The number of hydrogen-bond acceptors (Lipinski definition) is 3. The van der Waals surface area contributed by atoms with Gasteiger partial charge >= 0.3 is 6.36 Å². The van der Waals surface area contributed by atoms with E-state index >= 15 is 0 Å². The normalized spacial score (nSPS) is 30.7. The highest BCUT2D eigenvalue weighted by molar-refractivity contribution is 5.33. The second-order valence-electron chi connectivity index (χ2n) is 6.84. The molecule has 1 aromatic rings. The van der Waals surface area contributed by atoms with Gasteiger partial charge in [-0.25, -0.2) is 0 Å². The number of aliphatic hydroxyl groups is 1. The number of fused-ring (bicyclic) bond motifs is 1. The van der Waals surface area contributed by atoms with Gasteiger partial charge in [0, 0.05) is 18.2 Å². The molecule has 3 nitrogen and oxygen atoms in total. The van der Waals surface area contributed by atoms with Crippen LogP contribution >= 0.6 is 0 Å². The lowest BCUT2D eigenvalue weighted by Gasteiger charge is -2.26. The molecule has 0 aliphatic heterocycles. The van der Waals surface area contributed by atoms with Gasteiger partial charge in [-0.3, -0.25) is 4.90 Å². The lowest BCUT2D eigenvalue weighted by atomic mass is 10.0. The molecule has 23 heavy (non-hydrogen) atoms. The molecule has 0 heterocycles. The fourth-order valence-electron chi connectivity index (χ4n) is 4.17. The van der Waals surface area contributed by atoms with Crippen molar-refractivity contribution in [2.45, 2.75) is 50.7 Å². The first-order valence-electron chi connectivity index (χ1n) is 8.04. The molecule has 1 aromatic carbocycles. The first kappa shape index (κ1) is 16.6. The van der Waals surface area contributed by atoms with Crippen LogP contribution in [0.5, 0.6) is 5.75 Å². The number of rotatable bonds is 4. The maximum atomic E-state index is 12.5. The average molecular weight is 329 g/mol. The van der Waals surface area contributed by atoms with Gasteiger partial charge in [-0.2, -0.15) is 0 Å². The quantitative estimate of drug-likeness (QED) is 0.917. The van der Waals surface area contributed by atoms with E-state index in [1.807, 2.05) is 7.05 Å². The van der Waals surface area contributed by atoms with Crippen LogP contribution in [0.3, 0.4) is 0 Å². The summed E-state index contributed by atoms with van der Waals surface area (Å²) in [5.41, 5.74) is 0.546. The van der Waals surface area contributed by atoms with Crippen molar-refractivity contribution in [2.24, 2.45) is 11.8 Å². The Bertz CT molecular complexity index is 535. The van der Waals surface area contributed by atoms with Gasteiger partial charge in [0.15, 0.2) is 0 Å². The third-order valence-corrected chi connectivity index (χ3v) is 5.21. The number of aliphatic hydroxyl groups excluding tert-OH is 1. The molecule has 2 fully saturated rings. The topological polar surface area (TPSA) is 32.7 Å². The minimum atomic E-state index is -4.67. The van der Waals surface area contributed by atoms with Gasteiger partial charge in [0.1, 0.15) is 5.75 Å². The van der Waals surface area contributed by atoms with Gasteiger partial charge < -0.3 is 9.84 Å². The Labute approximate surface area is 134 Å². The molecule has 128 valence electrons. The maximum absolute atomic E-state index is 12.5. The summed E-state index contributed by atoms with van der Waals surface area (Å²) >= 11 is 0. The molecule has 2 aliphatic carbocycles. The maximum Gasteiger partial charge on any atom is 0.573 e. The number of alkyl halides is 3. The van der Waals surface area contributed by atoms with Crippen LogP contribution in [0.25, 0.3) is 0 Å². The molecule has 0 saturated heterocycles. The first-order valence-corrected chi connectivity index (χ1v) is 8.04. The highest BCUT2D eigenvalue weighted by Gasteiger charge is 2.42. The van der Waals surface area contributed by atoms with E-state index in [0.717, 1.165) is 25.7 Å². The molecule has 1 N–H and O–H groups in total. The van der Waals surface area contributed by atoms with Crippen LogP contribution in [0.15, 0.2) is 24.3 Å². The summed E-state index contributed by atoms with van der Waals surface area (Å²) in [7, 11) is 1.95. The molecule has 0 amide bonds. The van der Waals surface area contributed by atoms with Gasteiger partial charge in [-0.1, -0.05) is 18.2 Å². The fourth-order valence-corrected chi connectivity index (χ4v) is 4.17. The lowest BCUT2D eigenvalue weighted by Crippen LogP contribution is -2.30. The molecule has 0 spiro atoms. The Morgan fingerprint density at radius 1 is 1.13 bits per heavy atom. The minimum Gasteiger partial charge on any atom is -0.405 e. The smallest absolute Gasteiger partial charge is 0.405 e. The molecule has 2 unspecified atom stereocenters. The van der Waals surface area contributed by atoms with Gasteiger partial charge in [0.25, 0.3) is 0 Å². The third kappa shape index (κ3) is 3.98. The molecular weight excluding hydrogens is 307 g/mol. The van der Waals surface area contributed by atoms with E-state index in [9.17, 15) is 18.3 Å². The predicted molar refractivity (Wildman–Crippen MR) is 79.8 cm³/mol. The van der Waals surface area contributed by atoms with Gasteiger partial charge in [-0.05, 0) is 50.6 Å². The van der Waals surface area contributed by atoms with Crippen molar-refractivity contribution >= 4 is 0 Å². The Hall–Kier alpha value is -1.27. The van der Waals surface area contributed by atoms with E-state index in [2.05, 4.69) is 9.64 Å². The summed E-state index contributed by atoms with van der Waals surface area (Å²) in [6.07, 6.45) is -1.08. The van der Waals surface area contributed by atoms with Gasteiger partial charge in [0.2, 0.25) is 0 Å². The summed E-state index contributed by atoms with van der Waals surface area (Å²) in [4.78, 5) is 2.11. The zero-order valence-corrected chi connectivity index (χ0v) is 13.1.